The highest BCUT2D eigenvalue weighted by Gasteiger charge is 2.16. The summed E-state index contributed by atoms with van der Waals surface area (Å²) in [5.41, 5.74) is 0.706. The summed E-state index contributed by atoms with van der Waals surface area (Å²) in [5.74, 6) is 3.68. The maximum Gasteiger partial charge on any atom is 0.166 e. The fourth-order valence-corrected chi connectivity index (χ4v) is 1.55. The van der Waals surface area contributed by atoms with Gasteiger partial charge in [-0.25, -0.2) is 0 Å². The van der Waals surface area contributed by atoms with E-state index >= 15 is 0 Å². The standard InChI is InChI=1S/C13H16O3/c1-4-5-8-11(14)10-7-6-9-12(15-2)13(10)16-3/h1,6-7,9,11,14H,5,8H2,2-3H3. The number of aliphatic hydroxyl groups is 1. The SMILES string of the molecule is C#CCCC(O)c1cccc(OC)c1OC. The summed E-state index contributed by atoms with van der Waals surface area (Å²) < 4.78 is 10.4. The van der Waals surface area contributed by atoms with Crippen molar-refractivity contribution in [2.24, 2.45) is 0 Å². The Morgan fingerprint density at radius 1 is 1.38 bits per heavy atom. The first-order valence-electron chi connectivity index (χ1n) is 5.07. The molecule has 1 atom stereocenters. The van der Waals surface area contributed by atoms with Gasteiger partial charge in [-0.05, 0) is 12.5 Å². The van der Waals surface area contributed by atoms with E-state index in [1.165, 1.54) is 0 Å². The molecule has 1 unspecified atom stereocenters. The molecule has 1 rings (SSSR count). The summed E-state index contributed by atoms with van der Waals surface area (Å²) >= 11 is 0. The molecule has 0 fully saturated rings. The zero-order chi connectivity index (χ0) is 12.0. The van der Waals surface area contributed by atoms with Crippen molar-refractivity contribution in [2.45, 2.75) is 18.9 Å². The van der Waals surface area contributed by atoms with Crippen LogP contribution >= 0.6 is 0 Å². The molecule has 0 aliphatic carbocycles. The Kier molecular flexibility index (Phi) is 4.68. The van der Waals surface area contributed by atoms with E-state index in [0.717, 1.165) is 0 Å². The van der Waals surface area contributed by atoms with Gasteiger partial charge in [0.15, 0.2) is 11.5 Å². The maximum atomic E-state index is 9.95. The highest BCUT2D eigenvalue weighted by atomic mass is 16.5. The van der Waals surface area contributed by atoms with Crippen molar-refractivity contribution in [3.63, 3.8) is 0 Å². The minimum atomic E-state index is -0.624. The summed E-state index contributed by atoms with van der Waals surface area (Å²) in [5, 5.41) is 9.95. The number of benzene rings is 1. The van der Waals surface area contributed by atoms with Gasteiger partial charge in [0.05, 0.1) is 20.3 Å². The van der Waals surface area contributed by atoms with E-state index in [0.29, 0.717) is 29.9 Å². The van der Waals surface area contributed by atoms with E-state index in [2.05, 4.69) is 5.92 Å². The number of rotatable bonds is 5. The number of aliphatic hydroxyl groups excluding tert-OH is 1. The number of terminal acetylenes is 1. The van der Waals surface area contributed by atoms with Crippen LogP contribution in [-0.4, -0.2) is 19.3 Å². The molecule has 0 aliphatic rings. The third-order valence-corrected chi connectivity index (χ3v) is 2.35. The molecule has 0 radical (unpaired) electrons. The molecule has 0 saturated carbocycles. The molecule has 0 aromatic heterocycles. The fourth-order valence-electron chi connectivity index (χ4n) is 1.55. The second-order valence-electron chi connectivity index (χ2n) is 3.34. The molecule has 0 aliphatic heterocycles. The lowest BCUT2D eigenvalue weighted by Crippen LogP contribution is -2.02. The molecule has 1 aromatic carbocycles. The molecule has 0 heterocycles. The van der Waals surface area contributed by atoms with Gasteiger partial charge in [-0.2, -0.15) is 0 Å². The van der Waals surface area contributed by atoms with Crippen molar-refractivity contribution in [1.29, 1.82) is 0 Å². The monoisotopic (exact) mass is 220 g/mol. The first kappa shape index (κ1) is 12.4. The van der Waals surface area contributed by atoms with Crippen LogP contribution < -0.4 is 9.47 Å². The lowest BCUT2D eigenvalue weighted by Gasteiger charge is -2.16. The lowest BCUT2D eigenvalue weighted by atomic mass is 10.0. The molecular formula is C13H16O3. The van der Waals surface area contributed by atoms with Gasteiger partial charge in [-0.3, -0.25) is 0 Å². The molecule has 0 bridgehead atoms. The van der Waals surface area contributed by atoms with Crippen LogP contribution in [0.3, 0.4) is 0 Å². The smallest absolute Gasteiger partial charge is 0.166 e. The van der Waals surface area contributed by atoms with E-state index in [1.54, 1.807) is 20.3 Å². The van der Waals surface area contributed by atoms with Crippen molar-refractivity contribution in [2.75, 3.05) is 14.2 Å². The van der Waals surface area contributed by atoms with Gasteiger partial charge in [-0.1, -0.05) is 12.1 Å². The maximum absolute atomic E-state index is 9.95. The second-order valence-corrected chi connectivity index (χ2v) is 3.34. The van der Waals surface area contributed by atoms with Gasteiger partial charge in [0.1, 0.15) is 0 Å². The summed E-state index contributed by atoms with van der Waals surface area (Å²) in [6.45, 7) is 0. The molecule has 3 heteroatoms. The Bertz CT molecular complexity index is 379. The molecule has 0 spiro atoms. The van der Waals surface area contributed by atoms with E-state index < -0.39 is 6.10 Å². The molecule has 1 aromatic rings. The van der Waals surface area contributed by atoms with E-state index in [1.807, 2.05) is 12.1 Å². The topological polar surface area (TPSA) is 38.7 Å². The average Bonchev–Trinajstić information content (AvgIpc) is 2.34. The number of para-hydroxylation sites is 1. The number of ether oxygens (including phenoxy) is 2. The van der Waals surface area contributed by atoms with Crippen molar-refractivity contribution < 1.29 is 14.6 Å². The number of methoxy groups -OCH3 is 2. The van der Waals surface area contributed by atoms with Crippen molar-refractivity contribution in [3.05, 3.63) is 23.8 Å². The van der Waals surface area contributed by atoms with Crippen LogP contribution in [0.15, 0.2) is 18.2 Å². The lowest BCUT2D eigenvalue weighted by molar-refractivity contribution is 0.164. The van der Waals surface area contributed by atoms with Gasteiger partial charge in [-0.15, -0.1) is 12.3 Å². The zero-order valence-electron chi connectivity index (χ0n) is 9.56. The summed E-state index contributed by atoms with van der Waals surface area (Å²) in [6, 6.07) is 5.41. The first-order valence-corrected chi connectivity index (χ1v) is 5.07. The molecule has 16 heavy (non-hydrogen) atoms. The minimum absolute atomic E-state index is 0.514. The van der Waals surface area contributed by atoms with Gasteiger partial charge >= 0.3 is 0 Å². The Balaban J connectivity index is 2.98. The van der Waals surface area contributed by atoms with E-state index in [9.17, 15) is 5.11 Å². The molecule has 86 valence electrons. The van der Waals surface area contributed by atoms with Crippen LogP contribution in [0, 0.1) is 12.3 Å². The van der Waals surface area contributed by atoms with Gasteiger partial charge in [0.25, 0.3) is 0 Å². The Morgan fingerprint density at radius 2 is 2.12 bits per heavy atom. The van der Waals surface area contributed by atoms with E-state index in [4.69, 9.17) is 15.9 Å². The number of hydrogen-bond donors (Lipinski definition) is 1. The molecule has 1 N–H and O–H groups in total. The molecule has 0 amide bonds. The average molecular weight is 220 g/mol. The first-order chi connectivity index (χ1) is 7.74. The van der Waals surface area contributed by atoms with Crippen molar-refractivity contribution in [3.8, 4) is 23.8 Å². The van der Waals surface area contributed by atoms with Crippen LogP contribution in [0.1, 0.15) is 24.5 Å². The second kappa shape index (κ2) is 6.04. The fraction of sp³-hybridized carbons (Fsp3) is 0.385. The predicted octanol–water partition coefficient (Wildman–Crippen LogP) is 2.15. The quantitative estimate of drug-likeness (QED) is 0.773. The van der Waals surface area contributed by atoms with Crippen LogP contribution in [0.25, 0.3) is 0 Å². The van der Waals surface area contributed by atoms with Crippen molar-refractivity contribution in [1.82, 2.24) is 0 Å². The van der Waals surface area contributed by atoms with Crippen LogP contribution in [0.4, 0.5) is 0 Å². The van der Waals surface area contributed by atoms with Gasteiger partial charge in [0.2, 0.25) is 0 Å². The summed E-state index contributed by atoms with van der Waals surface area (Å²) in [7, 11) is 3.12. The van der Waals surface area contributed by atoms with E-state index in [-0.39, 0.29) is 0 Å². The highest BCUT2D eigenvalue weighted by Crippen LogP contribution is 2.35. The predicted molar refractivity (Wildman–Crippen MR) is 62.6 cm³/mol. The minimum Gasteiger partial charge on any atom is -0.493 e. The third-order valence-electron chi connectivity index (χ3n) is 2.35. The normalized spacial score (nSPS) is 11.6. The summed E-state index contributed by atoms with van der Waals surface area (Å²) in [4.78, 5) is 0. The third kappa shape index (κ3) is 2.68. The van der Waals surface area contributed by atoms with Crippen molar-refractivity contribution >= 4 is 0 Å². The van der Waals surface area contributed by atoms with Crippen LogP contribution in [-0.2, 0) is 0 Å². The van der Waals surface area contributed by atoms with Crippen LogP contribution in [0.5, 0.6) is 11.5 Å². The Hall–Kier alpha value is -1.66. The van der Waals surface area contributed by atoms with Gasteiger partial charge in [0, 0.05) is 12.0 Å². The Morgan fingerprint density at radius 3 is 2.69 bits per heavy atom. The Labute approximate surface area is 96.0 Å². The highest BCUT2D eigenvalue weighted by molar-refractivity contribution is 5.47. The van der Waals surface area contributed by atoms with Crippen LogP contribution in [0.2, 0.25) is 0 Å². The molecular weight excluding hydrogens is 204 g/mol. The summed E-state index contributed by atoms with van der Waals surface area (Å²) in [6.07, 6.45) is 5.58. The van der Waals surface area contributed by atoms with Gasteiger partial charge < -0.3 is 14.6 Å². The number of hydrogen-bond acceptors (Lipinski definition) is 3. The molecule has 3 nitrogen and oxygen atoms in total. The zero-order valence-corrected chi connectivity index (χ0v) is 9.56. The molecule has 0 saturated heterocycles. The largest absolute Gasteiger partial charge is 0.493 e.